The minimum absolute atomic E-state index is 0.0840. The van der Waals surface area contributed by atoms with Gasteiger partial charge >= 0.3 is 0 Å². The molecule has 2 N–H and O–H groups in total. The number of aryl methyl sites for hydroxylation is 1. The first-order chi connectivity index (χ1) is 12.5. The summed E-state index contributed by atoms with van der Waals surface area (Å²) in [6, 6.07) is 13.5. The number of nitrogens with one attached hydrogen (secondary N) is 2. The maximum atomic E-state index is 12.6. The number of anilines is 1. The monoisotopic (exact) mass is 372 g/mol. The second-order valence-corrected chi connectivity index (χ2v) is 8.44. The molecular weight excluding hydrogens is 348 g/mol. The normalized spacial score (nSPS) is 15.4. The van der Waals surface area contributed by atoms with Crippen LogP contribution in [0.1, 0.15) is 48.0 Å². The number of para-hydroxylation sites is 1. The molecule has 0 bridgehead atoms. The van der Waals surface area contributed by atoms with Crippen LogP contribution in [0.15, 0.2) is 53.4 Å². The van der Waals surface area contributed by atoms with E-state index in [4.69, 9.17) is 0 Å². The third-order valence-electron chi connectivity index (χ3n) is 4.73. The predicted octanol–water partition coefficient (Wildman–Crippen LogP) is 3.86. The Morgan fingerprint density at radius 2 is 1.69 bits per heavy atom. The topological polar surface area (TPSA) is 75.3 Å². The van der Waals surface area contributed by atoms with Crippen LogP contribution in [0.25, 0.3) is 0 Å². The number of rotatable bonds is 5. The van der Waals surface area contributed by atoms with E-state index in [1.807, 2.05) is 13.0 Å². The van der Waals surface area contributed by atoms with Crippen LogP contribution >= 0.6 is 0 Å². The van der Waals surface area contributed by atoms with Crippen LogP contribution in [0.5, 0.6) is 0 Å². The number of carbonyl (C=O) groups excluding carboxylic acids is 1. The van der Waals surface area contributed by atoms with Gasteiger partial charge in [0.2, 0.25) is 0 Å². The van der Waals surface area contributed by atoms with Crippen LogP contribution in [0.3, 0.4) is 0 Å². The molecule has 0 aromatic heterocycles. The first-order valence-corrected chi connectivity index (χ1v) is 10.4. The smallest absolute Gasteiger partial charge is 0.261 e. The van der Waals surface area contributed by atoms with Gasteiger partial charge < -0.3 is 5.32 Å². The molecule has 1 saturated carbocycles. The molecule has 1 amide bonds. The summed E-state index contributed by atoms with van der Waals surface area (Å²) in [4.78, 5) is 12.7. The van der Waals surface area contributed by atoms with Crippen LogP contribution in [-0.2, 0) is 10.0 Å². The van der Waals surface area contributed by atoms with Crippen molar-refractivity contribution < 1.29 is 13.2 Å². The Morgan fingerprint density at radius 3 is 2.38 bits per heavy atom. The summed E-state index contributed by atoms with van der Waals surface area (Å²) in [5.74, 6) is -0.203. The van der Waals surface area contributed by atoms with Crippen molar-refractivity contribution in [1.82, 2.24) is 5.32 Å². The van der Waals surface area contributed by atoms with Gasteiger partial charge in [-0.3, -0.25) is 9.52 Å². The number of carbonyl (C=O) groups is 1. The minimum Gasteiger partial charge on any atom is -0.349 e. The molecule has 1 aliphatic rings. The lowest BCUT2D eigenvalue weighted by Gasteiger charge is -2.23. The Morgan fingerprint density at radius 1 is 1.00 bits per heavy atom. The van der Waals surface area contributed by atoms with E-state index >= 15 is 0 Å². The van der Waals surface area contributed by atoms with E-state index in [0.717, 1.165) is 31.2 Å². The van der Waals surface area contributed by atoms with Gasteiger partial charge in [-0.15, -0.1) is 0 Å². The van der Waals surface area contributed by atoms with Crippen molar-refractivity contribution in [3.05, 3.63) is 59.7 Å². The van der Waals surface area contributed by atoms with E-state index in [-0.39, 0.29) is 16.8 Å². The molecule has 2 aromatic carbocycles. The fourth-order valence-corrected chi connectivity index (χ4v) is 4.33. The summed E-state index contributed by atoms with van der Waals surface area (Å²) in [5, 5.41) is 3.05. The van der Waals surface area contributed by atoms with E-state index in [0.29, 0.717) is 11.3 Å². The fraction of sp³-hybridized carbons (Fsp3) is 0.350. The van der Waals surface area contributed by atoms with Crippen molar-refractivity contribution in [2.75, 3.05) is 4.72 Å². The van der Waals surface area contributed by atoms with Crippen LogP contribution in [0, 0.1) is 6.92 Å². The maximum absolute atomic E-state index is 12.6. The number of benzene rings is 2. The van der Waals surface area contributed by atoms with Crippen LogP contribution in [-0.4, -0.2) is 20.4 Å². The van der Waals surface area contributed by atoms with E-state index in [1.165, 1.54) is 18.6 Å². The zero-order chi connectivity index (χ0) is 18.6. The third-order valence-corrected chi connectivity index (χ3v) is 6.11. The lowest BCUT2D eigenvalue weighted by Crippen LogP contribution is -2.36. The van der Waals surface area contributed by atoms with Gasteiger partial charge in [-0.25, -0.2) is 8.42 Å². The van der Waals surface area contributed by atoms with E-state index in [1.54, 1.807) is 30.3 Å². The molecule has 138 valence electrons. The second-order valence-electron chi connectivity index (χ2n) is 6.76. The molecule has 0 heterocycles. The first kappa shape index (κ1) is 18.5. The van der Waals surface area contributed by atoms with Crippen LogP contribution in [0.4, 0.5) is 5.69 Å². The molecule has 5 nitrogen and oxygen atoms in total. The Bertz CT molecular complexity index is 873. The predicted molar refractivity (Wildman–Crippen MR) is 103 cm³/mol. The van der Waals surface area contributed by atoms with Gasteiger partial charge in [-0.2, -0.15) is 0 Å². The minimum atomic E-state index is -3.75. The summed E-state index contributed by atoms with van der Waals surface area (Å²) in [5.41, 5.74) is 1.66. The van der Waals surface area contributed by atoms with Gasteiger partial charge in [0, 0.05) is 17.3 Å². The largest absolute Gasteiger partial charge is 0.349 e. The molecule has 1 fully saturated rings. The van der Waals surface area contributed by atoms with Gasteiger partial charge in [0.1, 0.15) is 0 Å². The molecule has 6 heteroatoms. The number of hydrogen-bond acceptors (Lipinski definition) is 3. The Kier molecular flexibility index (Phi) is 5.61. The highest BCUT2D eigenvalue weighted by molar-refractivity contribution is 7.92. The SMILES string of the molecule is Cc1ccc(S(=O)(=O)Nc2ccccc2)cc1C(=O)NC1CCCCC1. The Labute approximate surface area is 154 Å². The van der Waals surface area contributed by atoms with Crippen LogP contribution < -0.4 is 10.0 Å². The zero-order valence-corrected chi connectivity index (χ0v) is 15.7. The average Bonchev–Trinajstić information content (AvgIpc) is 2.63. The summed E-state index contributed by atoms with van der Waals surface area (Å²) >= 11 is 0. The van der Waals surface area contributed by atoms with Crippen molar-refractivity contribution in [2.45, 2.75) is 50.0 Å². The lowest BCUT2D eigenvalue weighted by atomic mass is 9.95. The maximum Gasteiger partial charge on any atom is 0.261 e. The van der Waals surface area contributed by atoms with Gasteiger partial charge in [-0.1, -0.05) is 43.5 Å². The van der Waals surface area contributed by atoms with E-state index in [9.17, 15) is 13.2 Å². The second kappa shape index (κ2) is 7.91. The zero-order valence-electron chi connectivity index (χ0n) is 14.9. The highest BCUT2D eigenvalue weighted by Crippen LogP contribution is 2.21. The molecule has 1 aliphatic carbocycles. The van der Waals surface area contributed by atoms with Gasteiger partial charge in [-0.05, 0) is 49.6 Å². The van der Waals surface area contributed by atoms with Gasteiger partial charge in [0.25, 0.3) is 15.9 Å². The summed E-state index contributed by atoms with van der Waals surface area (Å²) in [7, 11) is -3.75. The molecule has 3 rings (SSSR count). The number of sulfonamides is 1. The van der Waals surface area contributed by atoms with E-state index in [2.05, 4.69) is 10.0 Å². The summed E-state index contributed by atoms with van der Waals surface area (Å²) in [6.07, 6.45) is 5.43. The molecule has 0 saturated heterocycles. The van der Waals surface area contributed by atoms with Crippen molar-refractivity contribution >= 4 is 21.6 Å². The molecular formula is C20H24N2O3S. The van der Waals surface area contributed by atoms with Gasteiger partial charge in [0.15, 0.2) is 0 Å². The lowest BCUT2D eigenvalue weighted by molar-refractivity contribution is 0.0927. The highest BCUT2D eigenvalue weighted by atomic mass is 32.2. The van der Waals surface area contributed by atoms with E-state index < -0.39 is 10.0 Å². The fourth-order valence-electron chi connectivity index (χ4n) is 3.24. The molecule has 0 unspecified atom stereocenters. The molecule has 2 aromatic rings. The number of amides is 1. The standard InChI is InChI=1S/C20H24N2O3S/c1-15-12-13-18(26(24,25)22-17-10-6-3-7-11-17)14-19(15)20(23)21-16-8-4-2-5-9-16/h3,6-7,10-14,16,22H,2,4-5,8-9H2,1H3,(H,21,23). The summed E-state index contributed by atoms with van der Waals surface area (Å²) in [6.45, 7) is 1.82. The Hall–Kier alpha value is -2.34. The first-order valence-electron chi connectivity index (χ1n) is 8.95. The quantitative estimate of drug-likeness (QED) is 0.837. The molecule has 0 spiro atoms. The number of hydrogen-bond donors (Lipinski definition) is 2. The molecule has 0 atom stereocenters. The van der Waals surface area contributed by atoms with Crippen molar-refractivity contribution in [2.24, 2.45) is 0 Å². The van der Waals surface area contributed by atoms with Crippen molar-refractivity contribution in [1.29, 1.82) is 0 Å². The molecule has 0 aliphatic heterocycles. The van der Waals surface area contributed by atoms with Crippen molar-refractivity contribution in [3.8, 4) is 0 Å². The highest BCUT2D eigenvalue weighted by Gasteiger charge is 2.21. The van der Waals surface area contributed by atoms with Crippen LogP contribution in [0.2, 0.25) is 0 Å². The van der Waals surface area contributed by atoms with Crippen molar-refractivity contribution in [3.63, 3.8) is 0 Å². The third kappa shape index (κ3) is 4.43. The molecule has 26 heavy (non-hydrogen) atoms. The van der Waals surface area contributed by atoms with Gasteiger partial charge in [0.05, 0.1) is 4.90 Å². The Balaban J connectivity index is 1.81. The average molecular weight is 372 g/mol. The summed E-state index contributed by atoms with van der Waals surface area (Å²) < 4.78 is 27.8. The molecule has 0 radical (unpaired) electrons.